The number of nitrogens with zero attached hydrogens (tertiary/aromatic N) is 1. The maximum Gasteiger partial charge on any atom is 0.133 e. The van der Waals surface area contributed by atoms with Gasteiger partial charge < -0.3 is 10.3 Å². The van der Waals surface area contributed by atoms with Gasteiger partial charge in [-0.25, -0.2) is 9.37 Å². The summed E-state index contributed by atoms with van der Waals surface area (Å²) in [5, 5.41) is 3.65. The van der Waals surface area contributed by atoms with Crippen LogP contribution < -0.4 is 5.32 Å². The van der Waals surface area contributed by atoms with Gasteiger partial charge >= 0.3 is 0 Å². The number of imidazole rings is 1. The molecule has 0 spiro atoms. The minimum Gasteiger partial charge on any atom is -0.345 e. The summed E-state index contributed by atoms with van der Waals surface area (Å²) in [6.07, 6.45) is 3.76. The van der Waals surface area contributed by atoms with E-state index in [0.717, 1.165) is 36.0 Å². The molecule has 0 amide bonds. The molecule has 0 aliphatic heterocycles. The van der Waals surface area contributed by atoms with E-state index in [9.17, 15) is 4.39 Å². The molecular formula is C23H20FN3. The zero-order valence-corrected chi connectivity index (χ0v) is 14.9. The Balaban J connectivity index is 1.28. The lowest BCUT2D eigenvalue weighted by atomic mass is 10.0. The van der Waals surface area contributed by atoms with Crippen molar-refractivity contribution in [3.05, 3.63) is 89.5 Å². The van der Waals surface area contributed by atoms with Crippen LogP contribution >= 0.6 is 0 Å². The molecule has 4 aromatic rings. The second-order valence-corrected chi connectivity index (χ2v) is 7.20. The van der Waals surface area contributed by atoms with Gasteiger partial charge in [0.1, 0.15) is 5.82 Å². The highest BCUT2D eigenvalue weighted by Crippen LogP contribution is 2.27. The molecule has 0 saturated carbocycles. The highest BCUT2D eigenvalue weighted by Gasteiger charge is 2.20. The lowest BCUT2D eigenvalue weighted by molar-refractivity contribution is 0.533. The van der Waals surface area contributed by atoms with Gasteiger partial charge in [0.15, 0.2) is 0 Å². The van der Waals surface area contributed by atoms with Crippen LogP contribution in [0.15, 0.2) is 67.0 Å². The Morgan fingerprint density at radius 3 is 2.48 bits per heavy atom. The highest BCUT2D eigenvalue weighted by molar-refractivity contribution is 5.82. The normalized spacial score (nSPS) is 14.0. The highest BCUT2D eigenvalue weighted by atomic mass is 19.1. The van der Waals surface area contributed by atoms with Gasteiger partial charge in [-0.2, -0.15) is 0 Å². The maximum atomic E-state index is 14.4. The summed E-state index contributed by atoms with van der Waals surface area (Å²) in [7, 11) is 0. The molecule has 134 valence electrons. The molecule has 1 heterocycles. The Hall–Kier alpha value is -2.98. The van der Waals surface area contributed by atoms with Crippen LogP contribution in [0.3, 0.4) is 0 Å². The van der Waals surface area contributed by atoms with Crippen molar-refractivity contribution in [2.75, 3.05) is 0 Å². The number of halogens is 1. The van der Waals surface area contributed by atoms with Crippen LogP contribution in [0.5, 0.6) is 0 Å². The molecule has 4 heteroatoms. The summed E-state index contributed by atoms with van der Waals surface area (Å²) >= 11 is 0. The van der Waals surface area contributed by atoms with Crippen molar-refractivity contribution in [3.8, 4) is 11.1 Å². The number of benzene rings is 3. The van der Waals surface area contributed by atoms with E-state index in [2.05, 4.69) is 51.7 Å². The fourth-order valence-corrected chi connectivity index (χ4v) is 3.94. The zero-order valence-electron chi connectivity index (χ0n) is 14.9. The van der Waals surface area contributed by atoms with E-state index < -0.39 is 0 Å². The molecular weight excluding hydrogens is 337 g/mol. The molecule has 3 aromatic carbocycles. The van der Waals surface area contributed by atoms with Crippen molar-refractivity contribution < 1.29 is 4.39 Å². The van der Waals surface area contributed by atoms with Crippen molar-refractivity contribution in [2.45, 2.75) is 25.4 Å². The van der Waals surface area contributed by atoms with E-state index in [1.165, 1.54) is 22.8 Å². The van der Waals surface area contributed by atoms with E-state index in [0.29, 0.717) is 11.6 Å². The molecule has 0 fully saturated rings. The number of aromatic amines is 1. The average Bonchev–Trinajstić information content (AvgIpc) is 3.32. The predicted octanol–water partition coefficient (Wildman–Crippen LogP) is 4.63. The first-order chi connectivity index (χ1) is 13.3. The van der Waals surface area contributed by atoms with Crippen LogP contribution in [0.2, 0.25) is 0 Å². The maximum absolute atomic E-state index is 14.4. The van der Waals surface area contributed by atoms with Crippen molar-refractivity contribution in [2.24, 2.45) is 0 Å². The van der Waals surface area contributed by atoms with Crippen molar-refractivity contribution >= 4 is 11.0 Å². The molecule has 27 heavy (non-hydrogen) atoms. The first-order valence-electron chi connectivity index (χ1n) is 9.28. The van der Waals surface area contributed by atoms with Gasteiger partial charge in [0.2, 0.25) is 0 Å². The minimum atomic E-state index is -0.235. The summed E-state index contributed by atoms with van der Waals surface area (Å²) in [6, 6.07) is 20.5. The SMILES string of the molecule is Fc1cc2[nH]cnc2cc1-c1ccc(CNC2Cc3ccccc3C2)cc1. The molecule has 0 saturated heterocycles. The molecule has 1 aromatic heterocycles. The average molecular weight is 357 g/mol. The smallest absolute Gasteiger partial charge is 0.133 e. The van der Waals surface area contributed by atoms with E-state index in [4.69, 9.17) is 0 Å². The monoisotopic (exact) mass is 357 g/mol. The number of aromatic nitrogens is 2. The Kier molecular flexibility index (Phi) is 3.98. The van der Waals surface area contributed by atoms with Crippen molar-refractivity contribution in [1.29, 1.82) is 0 Å². The topological polar surface area (TPSA) is 40.7 Å². The summed E-state index contributed by atoms with van der Waals surface area (Å²) in [5.41, 5.74) is 7.06. The van der Waals surface area contributed by atoms with Gasteiger partial charge in [-0.05, 0) is 41.2 Å². The van der Waals surface area contributed by atoms with Gasteiger partial charge in [0.05, 0.1) is 17.4 Å². The van der Waals surface area contributed by atoms with Crippen LogP contribution in [0.1, 0.15) is 16.7 Å². The third kappa shape index (κ3) is 3.13. The van der Waals surface area contributed by atoms with E-state index in [-0.39, 0.29) is 5.82 Å². The van der Waals surface area contributed by atoms with Crippen molar-refractivity contribution in [1.82, 2.24) is 15.3 Å². The lowest BCUT2D eigenvalue weighted by Crippen LogP contribution is -2.28. The van der Waals surface area contributed by atoms with E-state index in [1.807, 2.05) is 12.1 Å². The molecule has 3 nitrogen and oxygen atoms in total. The van der Waals surface area contributed by atoms with Crippen LogP contribution in [0, 0.1) is 5.82 Å². The third-order valence-electron chi connectivity index (χ3n) is 5.42. The molecule has 0 unspecified atom stereocenters. The van der Waals surface area contributed by atoms with Gasteiger partial charge in [-0.15, -0.1) is 0 Å². The Labute approximate surface area is 157 Å². The molecule has 0 radical (unpaired) electrons. The second kappa shape index (κ2) is 6.63. The number of H-pyrrole nitrogens is 1. The molecule has 5 rings (SSSR count). The lowest BCUT2D eigenvalue weighted by Gasteiger charge is -2.12. The zero-order chi connectivity index (χ0) is 18.2. The van der Waals surface area contributed by atoms with Crippen LogP contribution in [-0.2, 0) is 19.4 Å². The number of nitrogens with one attached hydrogen (secondary N) is 2. The minimum absolute atomic E-state index is 0.235. The molecule has 1 aliphatic carbocycles. The first-order valence-corrected chi connectivity index (χ1v) is 9.28. The summed E-state index contributed by atoms with van der Waals surface area (Å²) in [4.78, 5) is 7.16. The van der Waals surface area contributed by atoms with E-state index in [1.54, 1.807) is 12.4 Å². The Morgan fingerprint density at radius 1 is 1.00 bits per heavy atom. The number of rotatable bonds is 4. The van der Waals surface area contributed by atoms with Crippen LogP contribution in [0.4, 0.5) is 4.39 Å². The predicted molar refractivity (Wildman–Crippen MR) is 106 cm³/mol. The molecule has 0 atom stereocenters. The Morgan fingerprint density at radius 2 is 1.74 bits per heavy atom. The number of fused-ring (bicyclic) bond motifs is 2. The van der Waals surface area contributed by atoms with Gasteiger partial charge in [0.25, 0.3) is 0 Å². The Bertz CT molecular complexity index is 1070. The molecule has 1 aliphatic rings. The summed E-state index contributed by atoms with van der Waals surface area (Å²) in [5.74, 6) is -0.235. The number of hydrogen-bond donors (Lipinski definition) is 2. The largest absolute Gasteiger partial charge is 0.345 e. The third-order valence-corrected chi connectivity index (χ3v) is 5.42. The summed E-state index contributed by atoms with van der Waals surface area (Å²) in [6.45, 7) is 0.819. The van der Waals surface area contributed by atoms with Gasteiger partial charge in [0, 0.05) is 24.2 Å². The molecule has 2 N–H and O–H groups in total. The van der Waals surface area contributed by atoms with Gasteiger partial charge in [-0.3, -0.25) is 0 Å². The quantitative estimate of drug-likeness (QED) is 0.559. The van der Waals surface area contributed by atoms with E-state index >= 15 is 0 Å². The first kappa shape index (κ1) is 16.2. The molecule has 0 bridgehead atoms. The fourth-order valence-electron chi connectivity index (χ4n) is 3.94. The van der Waals surface area contributed by atoms with Gasteiger partial charge in [-0.1, -0.05) is 48.5 Å². The summed E-state index contributed by atoms with van der Waals surface area (Å²) < 4.78 is 14.4. The fraction of sp³-hybridized carbons (Fsp3) is 0.174. The second-order valence-electron chi connectivity index (χ2n) is 7.20. The van der Waals surface area contributed by atoms with Crippen LogP contribution in [0.25, 0.3) is 22.2 Å². The number of hydrogen-bond acceptors (Lipinski definition) is 2. The standard InChI is InChI=1S/C23H20FN3/c24-21-12-23-22(26-14-27-23)11-20(21)16-7-5-15(6-8-16)13-25-19-9-17-3-1-2-4-18(17)10-19/h1-8,11-12,14,19,25H,9-10,13H2,(H,26,27). The van der Waals surface area contributed by atoms with Crippen molar-refractivity contribution in [3.63, 3.8) is 0 Å². The van der Waals surface area contributed by atoms with Crippen LogP contribution in [-0.4, -0.2) is 16.0 Å².